The topological polar surface area (TPSA) is 62.5 Å². The SMILES string of the molecule is O=C(C1CCCN(c2ccc(-c3ccco3)nn2)C1)N1CCc2ccccc2C1. The van der Waals surface area contributed by atoms with Crippen LogP contribution in [0.4, 0.5) is 5.82 Å². The van der Waals surface area contributed by atoms with Gasteiger partial charge < -0.3 is 14.2 Å². The second-order valence-corrected chi connectivity index (χ2v) is 7.82. The third-order valence-electron chi connectivity index (χ3n) is 5.96. The zero-order valence-corrected chi connectivity index (χ0v) is 16.3. The average molecular weight is 388 g/mol. The van der Waals surface area contributed by atoms with Crippen molar-refractivity contribution in [2.24, 2.45) is 5.92 Å². The first-order valence-electron chi connectivity index (χ1n) is 10.3. The number of furan rings is 1. The van der Waals surface area contributed by atoms with Crippen molar-refractivity contribution < 1.29 is 9.21 Å². The number of fused-ring (bicyclic) bond motifs is 1. The zero-order chi connectivity index (χ0) is 19.6. The van der Waals surface area contributed by atoms with E-state index in [1.54, 1.807) is 6.26 Å². The van der Waals surface area contributed by atoms with Gasteiger partial charge in [0.2, 0.25) is 5.91 Å². The first-order valence-corrected chi connectivity index (χ1v) is 10.3. The lowest BCUT2D eigenvalue weighted by Gasteiger charge is -2.37. The summed E-state index contributed by atoms with van der Waals surface area (Å²) >= 11 is 0. The summed E-state index contributed by atoms with van der Waals surface area (Å²) in [5, 5.41) is 8.69. The number of rotatable bonds is 3. The fourth-order valence-electron chi connectivity index (χ4n) is 4.38. The van der Waals surface area contributed by atoms with E-state index in [1.165, 1.54) is 11.1 Å². The number of anilines is 1. The van der Waals surface area contributed by atoms with Crippen molar-refractivity contribution in [1.82, 2.24) is 15.1 Å². The first kappa shape index (κ1) is 17.9. The Labute approximate surface area is 170 Å². The molecule has 1 amide bonds. The minimum absolute atomic E-state index is 0.0144. The standard InChI is InChI=1S/C23H24N4O2/c28-23(27-13-11-17-5-1-2-6-18(17)15-27)19-7-3-12-26(16-19)22-10-9-20(24-25-22)21-8-4-14-29-21/h1-2,4-6,8-10,14,19H,3,7,11-13,15-16H2. The summed E-state index contributed by atoms with van der Waals surface area (Å²) in [6, 6.07) is 16.0. The van der Waals surface area contributed by atoms with E-state index in [0.717, 1.165) is 50.4 Å². The Bertz CT molecular complexity index is 984. The number of hydrogen-bond donors (Lipinski definition) is 0. The van der Waals surface area contributed by atoms with Crippen LogP contribution in [0.5, 0.6) is 0 Å². The molecule has 0 N–H and O–H groups in total. The summed E-state index contributed by atoms with van der Waals surface area (Å²) in [6.07, 6.45) is 4.50. The largest absolute Gasteiger partial charge is 0.463 e. The van der Waals surface area contributed by atoms with Crippen LogP contribution in [0.15, 0.2) is 59.2 Å². The highest BCUT2D eigenvalue weighted by atomic mass is 16.3. The fraction of sp³-hybridized carbons (Fsp3) is 0.348. The molecule has 6 heteroatoms. The van der Waals surface area contributed by atoms with Gasteiger partial charge in [-0.3, -0.25) is 4.79 Å². The van der Waals surface area contributed by atoms with E-state index in [9.17, 15) is 4.79 Å². The normalized spacial score (nSPS) is 19.1. The van der Waals surface area contributed by atoms with Crippen molar-refractivity contribution in [3.05, 3.63) is 65.9 Å². The maximum Gasteiger partial charge on any atom is 0.227 e. The van der Waals surface area contributed by atoms with Gasteiger partial charge in [0.25, 0.3) is 0 Å². The van der Waals surface area contributed by atoms with E-state index in [1.807, 2.05) is 29.2 Å². The predicted molar refractivity (Wildman–Crippen MR) is 110 cm³/mol. The molecule has 3 aromatic rings. The molecular formula is C23H24N4O2. The molecule has 5 rings (SSSR count). The molecule has 0 radical (unpaired) electrons. The van der Waals surface area contributed by atoms with Gasteiger partial charge in [-0.1, -0.05) is 24.3 Å². The predicted octanol–water partition coefficient (Wildman–Crippen LogP) is 3.54. The van der Waals surface area contributed by atoms with Gasteiger partial charge in [0.1, 0.15) is 5.69 Å². The number of amides is 1. The third kappa shape index (κ3) is 3.62. The lowest BCUT2D eigenvalue weighted by Crippen LogP contribution is -2.46. The number of benzene rings is 1. The van der Waals surface area contributed by atoms with E-state index in [0.29, 0.717) is 12.3 Å². The van der Waals surface area contributed by atoms with Crippen molar-refractivity contribution in [2.75, 3.05) is 24.5 Å². The summed E-state index contributed by atoms with van der Waals surface area (Å²) in [7, 11) is 0. The van der Waals surface area contributed by atoms with Crippen LogP contribution >= 0.6 is 0 Å². The van der Waals surface area contributed by atoms with Gasteiger partial charge in [-0.15, -0.1) is 10.2 Å². The van der Waals surface area contributed by atoms with Crippen LogP contribution in [0.3, 0.4) is 0 Å². The number of piperidine rings is 1. The molecule has 1 unspecified atom stereocenters. The summed E-state index contributed by atoms with van der Waals surface area (Å²) in [4.78, 5) is 17.4. The van der Waals surface area contributed by atoms with Crippen LogP contribution in [0, 0.1) is 5.92 Å². The highest BCUT2D eigenvalue weighted by molar-refractivity contribution is 5.80. The molecule has 0 saturated carbocycles. The van der Waals surface area contributed by atoms with Gasteiger partial charge in [0, 0.05) is 26.2 Å². The van der Waals surface area contributed by atoms with Gasteiger partial charge >= 0.3 is 0 Å². The number of nitrogens with zero attached hydrogens (tertiary/aromatic N) is 4. The van der Waals surface area contributed by atoms with Crippen LogP contribution in [-0.4, -0.2) is 40.6 Å². The molecule has 1 fully saturated rings. The molecule has 0 spiro atoms. The smallest absolute Gasteiger partial charge is 0.227 e. The van der Waals surface area contributed by atoms with E-state index in [4.69, 9.17) is 4.42 Å². The second-order valence-electron chi connectivity index (χ2n) is 7.82. The molecule has 2 aliphatic rings. The highest BCUT2D eigenvalue weighted by Gasteiger charge is 2.31. The molecule has 1 aromatic carbocycles. The van der Waals surface area contributed by atoms with Crippen LogP contribution in [-0.2, 0) is 17.8 Å². The summed E-state index contributed by atoms with van der Waals surface area (Å²) in [6.45, 7) is 3.14. The zero-order valence-electron chi connectivity index (χ0n) is 16.3. The Kier molecular flexibility index (Phi) is 4.76. The number of carbonyl (C=O) groups excluding carboxylic acids is 1. The first-order chi connectivity index (χ1) is 14.3. The van der Waals surface area contributed by atoms with E-state index in [2.05, 4.69) is 39.4 Å². The van der Waals surface area contributed by atoms with Crippen molar-refractivity contribution >= 4 is 11.7 Å². The Morgan fingerprint density at radius 2 is 1.90 bits per heavy atom. The minimum Gasteiger partial charge on any atom is -0.463 e. The average Bonchev–Trinajstić information content (AvgIpc) is 3.33. The molecule has 4 heterocycles. The van der Waals surface area contributed by atoms with Crippen molar-refractivity contribution in [3.8, 4) is 11.5 Å². The fourth-order valence-corrected chi connectivity index (χ4v) is 4.38. The molecule has 2 aromatic heterocycles. The van der Waals surface area contributed by atoms with Crippen molar-refractivity contribution in [2.45, 2.75) is 25.8 Å². The van der Waals surface area contributed by atoms with Crippen molar-refractivity contribution in [3.63, 3.8) is 0 Å². The quantitative estimate of drug-likeness (QED) is 0.687. The number of hydrogen-bond acceptors (Lipinski definition) is 5. The van der Waals surface area contributed by atoms with Gasteiger partial charge in [-0.2, -0.15) is 0 Å². The lowest BCUT2D eigenvalue weighted by molar-refractivity contribution is -0.136. The third-order valence-corrected chi connectivity index (χ3v) is 5.96. The van der Waals surface area contributed by atoms with Crippen LogP contribution in [0.25, 0.3) is 11.5 Å². The second kappa shape index (κ2) is 7.70. The Morgan fingerprint density at radius 3 is 2.69 bits per heavy atom. The summed E-state index contributed by atoms with van der Waals surface area (Å²) in [5.41, 5.74) is 3.36. The van der Waals surface area contributed by atoms with Gasteiger partial charge in [0.05, 0.1) is 12.2 Å². The van der Waals surface area contributed by atoms with Crippen molar-refractivity contribution in [1.29, 1.82) is 0 Å². The molecular weight excluding hydrogens is 364 g/mol. The van der Waals surface area contributed by atoms with Gasteiger partial charge in [0.15, 0.2) is 11.6 Å². The Morgan fingerprint density at radius 1 is 1.00 bits per heavy atom. The van der Waals surface area contributed by atoms with E-state index in [-0.39, 0.29) is 11.8 Å². The number of aromatic nitrogens is 2. The summed E-state index contributed by atoms with van der Waals surface area (Å²) < 4.78 is 5.38. The minimum atomic E-state index is 0.0144. The molecule has 0 aliphatic carbocycles. The molecule has 1 saturated heterocycles. The van der Waals surface area contributed by atoms with Crippen LogP contribution < -0.4 is 4.90 Å². The van der Waals surface area contributed by atoms with Gasteiger partial charge in [-0.25, -0.2) is 0 Å². The maximum absolute atomic E-state index is 13.2. The maximum atomic E-state index is 13.2. The van der Waals surface area contributed by atoms with Gasteiger partial charge in [-0.05, 0) is 54.7 Å². The lowest BCUT2D eigenvalue weighted by atomic mass is 9.94. The van der Waals surface area contributed by atoms with E-state index >= 15 is 0 Å². The van der Waals surface area contributed by atoms with Crippen LogP contribution in [0.1, 0.15) is 24.0 Å². The Hall–Kier alpha value is -3.15. The van der Waals surface area contributed by atoms with E-state index < -0.39 is 0 Å². The summed E-state index contributed by atoms with van der Waals surface area (Å²) in [5.74, 6) is 1.81. The molecule has 148 valence electrons. The number of carbonyl (C=O) groups is 1. The Balaban J connectivity index is 1.26. The van der Waals surface area contributed by atoms with Crippen LogP contribution in [0.2, 0.25) is 0 Å². The molecule has 6 nitrogen and oxygen atoms in total. The molecule has 2 aliphatic heterocycles. The molecule has 29 heavy (non-hydrogen) atoms. The molecule has 1 atom stereocenters. The molecule has 0 bridgehead atoms. The highest BCUT2D eigenvalue weighted by Crippen LogP contribution is 2.27. The monoisotopic (exact) mass is 388 g/mol.